The van der Waals surface area contributed by atoms with E-state index in [1.54, 1.807) is 0 Å². The lowest BCUT2D eigenvalue weighted by atomic mass is 9.53. The molecule has 0 saturated carbocycles. The molecule has 0 aromatic heterocycles. The van der Waals surface area contributed by atoms with Crippen LogP contribution in [0.4, 0.5) is 17.1 Å². The fourth-order valence-corrected chi connectivity index (χ4v) is 17.8. The van der Waals surface area contributed by atoms with E-state index in [9.17, 15) is 0 Å². The summed E-state index contributed by atoms with van der Waals surface area (Å²) in [5, 5.41) is 8.58. The number of para-hydroxylation sites is 2. The number of benzene rings is 9. The van der Waals surface area contributed by atoms with Gasteiger partial charge in [-0.05, 0) is 100.0 Å². The average Bonchev–Trinajstić information content (AvgIpc) is 3.75. The molecule has 2 spiro atoms. The Balaban J connectivity index is 1.18. The minimum absolute atomic E-state index is 0.155. The van der Waals surface area contributed by atoms with Crippen molar-refractivity contribution in [2.75, 3.05) is 4.90 Å². The molecule has 0 atom stereocenters. The van der Waals surface area contributed by atoms with E-state index in [-0.39, 0.29) is 5.41 Å². The maximum absolute atomic E-state index is 2.72. The van der Waals surface area contributed by atoms with Gasteiger partial charge < -0.3 is 4.90 Å². The Morgan fingerprint density at radius 3 is 1.29 bits per heavy atom. The first-order chi connectivity index (χ1) is 28.6. The number of nitrogens with zero attached hydrogens (tertiary/aromatic N) is 1. The Bertz CT molecular complexity index is 3100. The summed E-state index contributed by atoms with van der Waals surface area (Å²) in [4.78, 5) is 2.63. The molecular weight excluding hydrogens is 715 g/mol. The van der Waals surface area contributed by atoms with Crippen molar-refractivity contribution in [1.82, 2.24) is 0 Å². The monoisotopic (exact) mass is 753 g/mol. The van der Waals surface area contributed by atoms with Gasteiger partial charge in [0.05, 0.1) is 22.5 Å². The zero-order valence-corrected chi connectivity index (χ0v) is 33.5. The largest absolute Gasteiger partial charge is 0.309 e. The molecule has 3 heterocycles. The van der Waals surface area contributed by atoms with Crippen LogP contribution in [-0.2, 0) is 10.8 Å². The third-order valence-electron chi connectivity index (χ3n) is 14.3. The van der Waals surface area contributed by atoms with Gasteiger partial charge in [-0.2, -0.15) is 0 Å². The van der Waals surface area contributed by atoms with Crippen molar-refractivity contribution in [3.05, 3.63) is 234 Å². The third-order valence-corrected chi connectivity index (χ3v) is 19.3. The Morgan fingerprint density at radius 2 is 0.741 bits per heavy atom. The summed E-state index contributed by atoms with van der Waals surface area (Å²) in [6.45, 7) is 4.80. The summed E-state index contributed by atoms with van der Waals surface area (Å²) in [6, 6.07) is 76.8. The lowest BCUT2D eigenvalue weighted by molar-refractivity contribution is 0.556. The predicted molar refractivity (Wildman–Crippen MR) is 244 cm³/mol. The van der Waals surface area contributed by atoms with Gasteiger partial charge in [-0.3, -0.25) is 0 Å². The zero-order chi connectivity index (χ0) is 38.4. The quantitative estimate of drug-likeness (QED) is 0.151. The maximum Gasteiger partial charge on any atom is 0.182 e. The first kappa shape index (κ1) is 32.4. The van der Waals surface area contributed by atoms with E-state index in [1.807, 2.05) is 0 Å². The van der Waals surface area contributed by atoms with E-state index < -0.39 is 13.5 Å². The number of anilines is 3. The highest BCUT2D eigenvalue weighted by Crippen LogP contribution is 2.63. The standard InChI is InChI=1S/C56H39NSi/c1-55(2)41-24-8-10-26-43(41)56(44-27-11-9-25-42(44)55)45-28-12-14-30-47(45)57(48-31-15-13-29-46(48)56)49-35-53-54(39-22-4-3-19-36(39)49)40-23-7-18-34-52(40)58(53)50-32-16-5-20-37(50)38-21-6-17-33-51(38)58/h3-35H,1-2H3. The van der Waals surface area contributed by atoms with Crippen LogP contribution in [0.25, 0.3) is 33.0 Å². The number of rotatable bonds is 1. The van der Waals surface area contributed by atoms with Gasteiger partial charge in [-0.15, -0.1) is 0 Å². The summed E-state index contributed by atoms with van der Waals surface area (Å²) in [5.41, 5.74) is 16.8. The van der Waals surface area contributed by atoms with Crippen LogP contribution in [0.15, 0.2) is 200 Å². The SMILES string of the molecule is CC1(C)c2ccccc2C2(c3ccccc3N(c3cc4c(c5ccccc35)-c3ccccc3[Si]43c4ccccc4-c4ccccc43)c3ccccc32)c2ccccc21. The van der Waals surface area contributed by atoms with Crippen molar-refractivity contribution in [2.45, 2.75) is 24.7 Å². The second-order valence-electron chi connectivity index (χ2n) is 17.1. The van der Waals surface area contributed by atoms with Crippen molar-refractivity contribution in [3.8, 4) is 22.3 Å². The van der Waals surface area contributed by atoms with Gasteiger partial charge in [0.25, 0.3) is 0 Å². The minimum atomic E-state index is -2.72. The van der Waals surface area contributed by atoms with Gasteiger partial charge in [0, 0.05) is 10.8 Å². The molecule has 58 heavy (non-hydrogen) atoms. The van der Waals surface area contributed by atoms with E-state index in [2.05, 4.69) is 219 Å². The molecule has 0 bridgehead atoms. The second kappa shape index (κ2) is 11.2. The Kier molecular flexibility index (Phi) is 6.26. The summed E-state index contributed by atoms with van der Waals surface area (Å²) in [5.74, 6) is 0. The molecule has 4 aliphatic rings. The minimum Gasteiger partial charge on any atom is -0.309 e. The van der Waals surface area contributed by atoms with Crippen LogP contribution in [0.5, 0.6) is 0 Å². The van der Waals surface area contributed by atoms with Gasteiger partial charge in [0.1, 0.15) is 0 Å². The summed E-state index contributed by atoms with van der Waals surface area (Å²) in [7, 11) is -2.72. The summed E-state index contributed by atoms with van der Waals surface area (Å²) >= 11 is 0. The molecule has 0 unspecified atom stereocenters. The topological polar surface area (TPSA) is 3.24 Å². The molecule has 3 aliphatic heterocycles. The lowest BCUT2D eigenvalue weighted by Crippen LogP contribution is -2.70. The van der Waals surface area contributed by atoms with Crippen LogP contribution in [0.1, 0.15) is 47.2 Å². The van der Waals surface area contributed by atoms with Gasteiger partial charge >= 0.3 is 0 Å². The fourth-order valence-electron chi connectivity index (χ4n) is 12.2. The summed E-state index contributed by atoms with van der Waals surface area (Å²) in [6.07, 6.45) is 0. The number of fused-ring (bicyclic) bond motifs is 20. The van der Waals surface area contributed by atoms with Crippen LogP contribution in [0.2, 0.25) is 0 Å². The average molecular weight is 754 g/mol. The Hall–Kier alpha value is -6.74. The van der Waals surface area contributed by atoms with Crippen molar-refractivity contribution >= 4 is 56.7 Å². The molecule has 1 nitrogen and oxygen atoms in total. The molecule has 2 heteroatoms. The molecule has 13 rings (SSSR count). The number of hydrogen-bond acceptors (Lipinski definition) is 1. The van der Waals surface area contributed by atoms with Gasteiger partial charge in [0.2, 0.25) is 0 Å². The van der Waals surface area contributed by atoms with Crippen LogP contribution >= 0.6 is 0 Å². The van der Waals surface area contributed by atoms with E-state index in [0.29, 0.717) is 0 Å². The first-order valence-electron chi connectivity index (χ1n) is 20.6. The van der Waals surface area contributed by atoms with E-state index >= 15 is 0 Å². The van der Waals surface area contributed by atoms with Crippen molar-refractivity contribution in [1.29, 1.82) is 0 Å². The molecule has 0 amide bonds. The molecule has 9 aromatic carbocycles. The van der Waals surface area contributed by atoms with Crippen LogP contribution in [-0.4, -0.2) is 8.07 Å². The number of hydrogen-bond donors (Lipinski definition) is 0. The molecule has 0 saturated heterocycles. The molecular formula is C56H39NSi. The predicted octanol–water partition coefficient (Wildman–Crippen LogP) is 11.0. The maximum atomic E-state index is 2.64. The first-order valence-corrected chi connectivity index (χ1v) is 22.6. The summed E-state index contributed by atoms with van der Waals surface area (Å²) < 4.78 is 0. The highest BCUT2D eigenvalue weighted by Gasteiger charge is 2.56. The highest BCUT2D eigenvalue weighted by atomic mass is 28.3. The molecule has 9 aromatic rings. The molecule has 0 fully saturated rings. The van der Waals surface area contributed by atoms with E-state index in [0.717, 1.165) is 0 Å². The molecule has 1 aliphatic carbocycles. The molecule has 0 N–H and O–H groups in total. The normalized spacial score (nSPS) is 16.1. The van der Waals surface area contributed by atoms with Crippen molar-refractivity contribution in [3.63, 3.8) is 0 Å². The van der Waals surface area contributed by atoms with Gasteiger partial charge in [-0.25, -0.2) is 0 Å². The van der Waals surface area contributed by atoms with Gasteiger partial charge in [0.15, 0.2) is 8.07 Å². The van der Waals surface area contributed by atoms with Crippen LogP contribution in [0, 0.1) is 0 Å². The lowest BCUT2D eigenvalue weighted by Gasteiger charge is -2.52. The Labute approximate surface area is 340 Å². The van der Waals surface area contributed by atoms with E-state index in [1.165, 1.54) is 104 Å². The smallest absolute Gasteiger partial charge is 0.182 e. The van der Waals surface area contributed by atoms with Gasteiger partial charge in [-0.1, -0.05) is 196 Å². The van der Waals surface area contributed by atoms with Crippen molar-refractivity contribution in [2.24, 2.45) is 0 Å². The fraction of sp³-hybridized carbons (Fsp3) is 0.0714. The second-order valence-corrected chi connectivity index (χ2v) is 20.7. The van der Waals surface area contributed by atoms with E-state index in [4.69, 9.17) is 0 Å². The zero-order valence-electron chi connectivity index (χ0n) is 32.5. The van der Waals surface area contributed by atoms with Crippen LogP contribution in [0.3, 0.4) is 0 Å². The molecule has 0 radical (unpaired) electrons. The third kappa shape index (κ3) is 3.65. The van der Waals surface area contributed by atoms with Crippen LogP contribution < -0.4 is 25.6 Å². The Morgan fingerprint density at radius 1 is 0.345 bits per heavy atom. The molecule has 272 valence electrons. The highest BCUT2D eigenvalue weighted by molar-refractivity contribution is 7.24. The van der Waals surface area contributed by atoms with Crippen molar-refractivity contribution < 1.29 is 0 Å².